The second-order valence-electron chi connectivity index (χ2n) is 4.94. The SMILES string of the molecule is COc1cc(C(=O)Nc2cccnc2)ccc1-c1ncccc1Cl. The fourth-order valence-corrected chi connectivity index (χ4v) is 2.48. The summed E-state index contributed by atoms with van der Waals surface area (Å²) in [5.41, 5.74) is 2.42. The van der Waals surface area contributed by atoms with Crippen LogP contribution in [-0.2, 0) is 0 Å². The van der Waals surface area contributed by atoms with Gasteiger partial charge in [0.25, 0.3) is 5.91 Å². The van der Waals surface area contributed by atoms with E-state index in [0.717, 1.165) is 5.56 Å². The second kappa shape index (κ2) is 7.10. The predicted molar refractivity (Wildman–Crippen MR) is 93.4 cm³/mol. The van der Waals surface area contributed by atoms with Gasteiger partial charge in [-0.25, -0.2) is 0 Å². The van der Waals surface area contributed by atoms with E-state index in [2.05, 4.69) is 15.3 Å². The molecular formula is C18H14ClN3O2. The lowest BCUT2D eigenvalue weighted by Gasteiger charge is -2.11. The number of ether oxygens (including phenoxy) is 1. The molecule has 120 valence electrons. The number of carbonyl (C=O) groups is 1. The molecule has 0 aliphatic heterocycles. The molecule has 24 heavy (non-hydrogen) atoms. The third kappa shape index (κ3) is 3.36. The number of hydrogen-bond acceptors (Lipinski definition) is 4. The number of benzene rings is 1. The summed E-state index contributed by atoms with van der Waals surface area (Å²) >= 11 is 6.19. The maximum absolute atomic E-state index is 12.4. The summed E-state index contributed by atoms with van der Waals surface area (Å²) in [4.78, 5) is 20.6. The van der Waals surface area contributed by atoms with Crippen LogP contribution in [0.2, 0.25) is 5.02 Å². The fraction of sp³-hybridized carbons (Fsp3) is 0.0556. The van der Waals surface area contributed by atoms with Crippen molar-refractivity contribution >= 4 is 23.2 Å². The number of methoxy groups -OCH3 is 1. The van der Waals surface area contributed by atoms with E-state index < -0.39 is 0 Å². The largest absolute Gasteiger partial charge is 0.496 e. The first-order chi connectivity index (χ1) is 11.7. The Balaban J connectivity index is 1.92. The van der Waals surface area contributed by atoms with Crippen LogP contribution in [0.25, 0.3) is 11.3 Å². The normalized spacial score (nSPS) is 10.2. The number of rotatable bonds is 4. The van der Waals surface area contributed by atoms with E-state index in [-0.39, 0.29) is 5.91 Å². The van der Waals surface area contributed by atoms with Crippen molar-refractivity contribution in [2.75, 3.05) is 12.4 Å². The number of carbonyl (C=O) groups excluding carboxylic acids is 1. The van der Waals surface area contributed by atoms with Gasteiger partial charge in [-0.3, -0.25) is 14.8 Å². The topological polar surface area (TPSA) is 64.1 Å². The molecule has 0 fully saturated rings. The van der Waals surface area contributed by atoms with Gasteiger partial charge in [-0.15, -0.1) is 0 Å². The van der Waals surface area contributed by atoms with Gasteiger partial charge < -0.3 is 10.1 Å². The monoisotopic (exact) mass is 339 g/mol. The molecule has 1 N–H and O–H groups in total. The van der Waals surface area contributed by atoms with E-state index in [1.165, 1.54) is 0 Å². The van der Waals surface area contributed by atoms with Gasteiger partial charge in [0, 0.05) is 23.5 Å². The van der Waals surface area contributed by atoms with Crippen LogP contribution < -0.4 is 10.1 Å². The van der Waals surface area contributed by atoms with Crippen molar-refractivity contribution < 1.29 is 9.53 Å². The lowest BCUT2D eigenvalue weighted by Crippen LogP contribution is -2.12. The minimum absolute atomic E-state index is 0.250. The Morgan fingerprint density at radius 3 is 2.71 bits per heavy atom. The standard InChI is InChI=1S/C18H14ClN3O2/c1-24-16-10-12(18(23)22-13-4-2-8-20-11-13)6-7-14(16)17-15(19)5-3-9-21-17/h2-11H,1H3,(H,22,23). The molecule has 2 heterocycles. The molecule has 0 spiro atoms. The molecule has 3 aromatic rings. The number of amides is 1. The van der Waals surface area contributed by atoms with Crippen LogP contribution in [0.1, 0.15) is 10.4 Å². The van der Waals surface area contributed by atoms with Gasteiger partial charge in [-0.05, 0) is 42.5 Å². The number of aromatic nitrogens is 2. The van der Waals surface area contributed by atoms with Crippen LogP contribution in [0.4, 0.5) is 5.69 Å². The van der Waals surface area contributed by atoms with E-state index in [0.29, 0.717) is 27.7 Å². The molecule has 3 rings (SSSR count). The highest BCUT2D eigenvalue weighted by molar-refractivity contribution is 6.33. The number of pyridine rings is 2. The van der Waals surface area contributed by atoms with Crippen LogP contribution in [0.5, 0.6) is 5.75 Å². The highest BCUT2D eigenvalue weighted by Gasteiger charge is 2.14. The van der Waals surface area contributed by atoms with Crippen LogP contribution in [0, 0.1) is 0 Å². The first-order valence-corrected chi connectivity index (χ1v) is 7.57. The molecule has 6 heteroatoms. The Morgan fingerprint density at radius 1 is 1.17 bits per heavy atom. The number of nitrogens with one attached hydrogen (secondary N) is 1. The highest BCUT2D eigenvalue weighted by Crippen LogP contribution is 2.33. The van der Waals surface area contributed by atoms with Crippen LogP contribution in [0.3, 0.4) is 0 Å². The number of nitrogens with zero attached hydrogens (tertiary/aromatic N) is 2. The van der Waals surface area contributed by atoms with E-state index >= 15 is 0 Å². The molecule has 1 amide bonds. The summed E-state index contributed by atoms with van der Waals surface area (Å²) in [5.74, 6) is 0.273. The molecule has 0 aliphatic rings. The fourth-order valence-electron chi connectivity index (χ4n) is 2.25. The molecule has 0 atom stereocenters. The number of anilines is 1. The summed E-state index contributed by atoms with van der Waals surface area (Å²) in [5, 5.41) is 3.30. The zero-order valence-electron chi connectivity index (χ0n) is 12.9. The van der Waals surface area contributed by atoms with E-state index in [1.807, 2.05) is 0 Å². The van der Waals surface area contributed by atoms with Crippen molar-refractivity contribution in [1.82, 2.24) is 9.97 Å². The molecule has 2 aromatic heterocycles. The van der Waals surface area contributed by atoms with Gasteiger partial charge in [-0.1, -0.05) is 11.6 Å². The second-order valence-corrected chi connectivity index (χ2v) is 5.35. The summed E-state index contributed by atoms with van der Waals surface area (Å²) < 4.78 is 5.40. The van der Waals surface area contributed by atoms with Crippen molar-refractivity contribution in [3.63, 3.8) is 0 Å². The van der Waals surface area contributed by atoms with Crippen molar-refractivity contribution in [2.45, 2.75) is 0 Å². The molecule has 0 saturated heterocycles. The molecule has 0 saturated carbocycles. The van der Waals surface area contributed by atoms with Gasteiger partial charge in [0.2, 0.25) is 0 Å². The summed E-state index contributed by atoms with van der Waals surface area (Å²) in [6.07, 6.45) is 4.88. The Labute approximate surface area is 144 Å². The van der Waals surface area contributed by atoms with E-state index in [9.17, 15) is 4.79 Å². The van der Waals surface area contributed by atoms with Crippen molar-refractivity contribution in [1.29, 1.82) is 0 Å². The first-order valence-electron chi connectivity index (χ1n) is 7.19. The summed E-state index contributed by atoms with van der Waals surface area (Å²) in [6.45, 7) is 0. The summed E-state index contributed by atoms with van der Waals surface area (Å²) in [7, 11) is 1.54. The quantitative estimate of drug-likeness (QED) is 0.778. The smallest absolute Gasteiger partial charge is 0.255 e. The van der Waals surface area contributed by atoms with Crippen LogP contribution >= 0.6 is 11.6 Å². The Kier molecular flexibility index (Phi) is 4.72. The van der Waals surface area contributed by atoms with Crippen molar-refractivity contribution in [3.8, 4) is 17.0 Å². The Morgan fingerprint density at radius 2 is 2.00 bits per heavy atom. The van der Waals surface area contributed by atoms with E-state index in [4.69, 9.17) is 16.3 Å². The zero-order chi connectivity index (χ0) is 16.9. The molecular weight excluding hydrogens is 326 g/mol. The first kappa shape index (κ1) is 16.0. The van der Waals surface area contributed by atoms with Crippen LogP contribution in [-0.4, -0.2) is 23.0 Å². The average Bonchev–Trinajstić information content (AvgIpc) is 2.62. The van der Waals surface area contributed by atoms with Crippen LogP contribution in [0.15, 0.2) is 61.1 Å². The lowest BCUT2D eigenvalue weighted by molar-refractivity contribution is 0.102. The maximum atomic E-state index is 12.4. The zero-order valence-corrected chi connectivity index (χ0v) is 13.6. The third-order valence-corrected chi connectivity index (χ3v) is 3.70. The maximum Gasteiger partial charge on any atom is 0.255 e. The van der Waals surface area contributed by atoms with Gasteiger partial charge in [0.15, 0.2) is 0 Å². The predicted octanol–water partition coefficient (Wildman–Crippen LogP) is 4.06. The molecule has 5 nitrogen and oxygen atoms in total. The van der Waals surface area contributed by atoms with Gasteiger partial charge in [0.05, 0.1) is 29.7 Å². The van der Waals surface area contributed by atoms with E-state index in [1.54, 1.807) is 68.2 Å². The summed E-state index contributed by atoms with van der Waals surface area (Å²) in [6, 6.07) is 12.2. The molecule has 1 aromatic carbocycles. The number of hydrogen-bond donors (Lipinski definition) is 1. The molecule has 0 bridgehead atoms. The Bertz CT molecular complexity index is 869. The highest BCUT2D eigenvalue weighted by atomic mass is 35.5. The average molecular weight is 340 g/mol. The minimum atomic E-state index is -0.250. The van der Waals surface area contributed by atoms with Crippen molar-refractivity contribution in [2.24, 2.45) is 0 Å². The van der Waals surface area contributed by atoms with Gasteiger partial charge >= 0.3 is 0 Å². The molecule has 0 unspecified atom stereocenters. The lowest BCUT2D eigenvalue weighted by atomic mass is 10.1. The molecule has 0 aliphatic carbocycles. The van der Waals surface area contributed by atoms with Gasteiger partial charge in [0.1, 0.15) is 5.75 Å². The number of halogens is 1. The molecule has 0 radical (unpaired) electrons. The minimum Gasteiger partial charge on any atom is -0.496 e. The van der Waals surface area contributed by atoms with Gasteiger partial charge in [-0.2, -0.15) is 0 Å². The van der Waals surface area contributed by atoms with Crippen molar-refractivity contribution in [3.05, 3.63) is 71.6 Å². The Hall–Kier alpha value is -2.92. The third-order valence-electron chi connectivity index (χ3n) is 3.40.